The molecule has 1 saturated heterocycles. The summed E-state index contributed by atoms with van der Waals surface area (Å²) >= 11 is 0. The molecule has 1 aliphatic heterocycles. The summed E-state index contributed by atoms with van der Waals surface area (Å²) in [6, 6.07) is 13.9. The van der Waals surface area contributed by atoms with Crippen LogP contribution in [0.4, 0.5) is 11.4 Å². The summed E-state index contributed by atoms with van der Waals surface area (Å²) in [4.78, 5) is 26.6. The second-order valence-corrected chi connectivity index (χ2v) is 8.16. The molecule has 7 heteroatoms. The molecule has 1 fully saturated rings. The highest BCUT2D eigenvalue weighted by atomic mass is 16.6. The van der Waals surface area contributed by atoms with Gasteiger partial charge in [0.15, 0.2) is 0 Å². The molecule has 2 aromatic carbocycles. The lowest BCUT2D eigenvalue weighted by molar-refractivity contribution is -0.384. The van der Waals surface area contributed by atoms with Crippen LogP contribution >= 0.6 is 0 Å². The minimum Gasteiger partial charge on any atom is -0.365 e. The van der Waals surface area contributed by atoms with Gasteiger partial charge in [-0.3, -0.25) is 19.5 Å². The van der Waals surface area contributed by atoms with Gasteiger partial charge in [-0.1, -0.05) is 32.0 Å². The molecular formula is C23H22N4O3. The van der Waals surface area contributed by atoms with E-state index in [0.29, 0.717) is 34.0 Å². The second kappa shape index (κ2) is 7.64. The van der Waals surface area contributed by atoms with Crippen LogP contribution in [0.1, 0.15) is 36.2 Å². The Morgan fingerprint density at radius 1 is 1.17 bits per heavy atom. The number of hydrogen-bond donors (Lipinski definition) is 0. The number of rotatable bonds is 3. The van der Waals surface area contributed by atoms with Crippen molar-refractivity contribution in [1.82, 2.24) is 4.57 Å². The third-order valence-electron chi connectivity index (χ3n) is 5.68. The third-order valence-corrected chi connectivity index (χ3v) is 5.68. The summed E-state index contributed by atoms with van der Waals surface area (Å²) in [5.41, 5.74) is 1.68. The zero-order valence-corrected chi connectivity index (χ0v) is 16.9. The topological polar surface area (TPSA) is 92.2 Å². The fourth-order valence-electron chi connectivity index (χ4n) is 4.51. The first-order chi connectivity index (χ1) is 14.4. The zero-order chi connectivity index (χ0) is 21.4. The average molecular weight is 402 g/mol. The fraction of sp³-hybridized carbons (Fsp3) is 0.304. The van der Waals surface area contributed by atoms with Gasteiger partial charge < -0.3 is 4.90 Å². The molecule has 0 N–H and O–H groups in total. The van der Waals surface area contributed by atoms with E-state index in [-0.39, 0.29) is 11.3 Å². The van der Waals surface area contributed by atoms with Gasteiger partial charge in [-0.05, 0) is 36.5 Å². The van der Waals surface area contributed by atoms with Crippen LogP contribution in [0.2, 0.25) is 0 Å². The van der Waals surface area contributed by atoms with Crippen molar-refractivity contribution in [1.29, 1.82) is 5.26 Å². The number of nitrogens with zero attached hydrogens (tertiary/aromatic N) is 4. The Morgan fingerprint density at radius 3 is 2.53 bits per heavy atom. The van der Waals surface area contributed by atoms with Crippen LogP contribution in [-0.2, 0) is 0 Å². The Balaban J connectivity index is 1.76. The van der Waals surface area contributed by atoms with Crippen molar-refractivity contribution in [3.8, 4) is 6.07 Å². The molecule has 0 spiro atoms. The molecule has 3 aromatic rings. The van der Waals surface area contributed by atoms with E-state index in [1.165, 1.54) is 16.8 Å². The van der Waals surface area contributed by atoms with E-state index >= 15 is 0 Å². The lowest BCUT2D eigenvalue weighted by Gasteiger charge is -2.36. The second-order valence-electron chi connectivity index (χ2n) is 8.16. The number of benzene rings is 2. The van der Waals surface area contributed by atoms with Crippen LogP contribution < -0.4 is 4.90 Å². The molecular weight excluding hydrogens is 380 g/mol. The molecule has 2 atom stereocenters. The maximum Gasteiger partial charge on any atom is 0.293 e. The molecule has 152 valence electrons. The number of carbonyl (C=O) groups excluding carboxylic acids is 1. The Morgan fingerprint density at radius 2 is 1.87 bits per heavy atom. The third kappa shape index (κ3) is 3.41. The summed E-state index contributed by atoms with van der Waals surface area (Å²) < 4.78 is 1.39. The van der Waals surface area contributed by atoms with Crippen molar-refractivity contribution >= 4 is 28.2 Å². The number of carbonyl (C=O) groups is 1. The van der Waals surface area contributed by atoms with E-state index in [9.17, 15) is 20.2 Å². The molecule has 0 radical (unpaired) electrons. The normalized spacial score (nSPS) is 18.9. The maximum absolute atomic E-state index is 13.2. The number of nitriles is 1. The van der Waals surface area contributed by atoms with Crippen LogP contribution in [0.25, 0.3) is 10.9 Å². The highest BCUT2D eigenvalue weighted by molar-refractivity contribution is 6.04. The molecule has 0 saturated carbocycles. The standard InChI is InChI=1S/C23H22N4O3/c1-15-9-16(2)13-25(12-15)21-8-7-17(10-22(21)27(29)30)23(28)26-14-18(11-24)19-5-3-4-6-20(19)26/h3-8,10,14-16H,9,12-13H2,1-2H3. The summed E-state index contributed by atoms with van der Waals surface area (Å²) in [6.07, 6.45) is 2.59. The van der Waals surface area contributed by atoms with Gasteiger partial charge in [-0.25, -0.2) is 0 Å². The predicted molar refractivity (Wildman–Crippen MR) is 115 cm³/mol. The van der Waals surface area contributed by atoms with E-state index in [0.717, 1.165) is 19.5 Å². The molecule has 0 bridgehead atoms. The van der Waals surface area contributed by atoms with E-state index in [4.69, 9.17) is 0 Å². The molecule has 2 unspecified atom stereocenters. The molecule has 1 aromatic heterocycles. The lowest BCUT2D eigenvalue weighted by atomic mass is 9.91. The van der Waals surface area contributed by atoms with Crippen molar-refractivity contribution in [2.24, 2.45) is 11.8 Å². The Labute approximate surface area is 174 Å². The molecule has 0 amide bonds. The number of nitro groups is 1. The molecule has 7 nitrogen and oxygen atoms in total. The number of piperidine rings is 1. The van der Waals surface area contributed by atoms with Gasteiger partial charge in [0.25, 0.3) is 11.6 Å². The van der Waals surface area contributed by atoms with Gasteiger partial charge in [0.1, 0.15) is 11.8 Å². The Kier molecular flexibility index (Phi) is 5.00. The first-order valence-electron chi connectivity index (χ1n) is 9.97. The van der Waals surface area contributed by atoms with Crippen LogP contribution in [0.3, 0.4) is 0 Å². The first-order valence-corrected chi connectivity index (χ1v) is 9.97. The summed E-state index contributed by atoms with van der Waals surface area (Å²) in [5, 5.41) is 21.9. The quantitative estimate of drug-likeness (QED) is 0.472. The summed E-state index contributed by atoms with van der Waals surface area (Å²) in [5.74, 6) is 0.498. The van der Waals surface area contributed by atoms with Crippen LogP contribution in [0, 0.1) is 33.3 Å². The van der Waals surface area contributed by atoms with Crippen molar-refractivity contribution < 1.29 is 9.72 Å². The zero-order valence-electron chi connectivity index (χ0n) is 16.9. The minimum atomic E-state index is -0.426. The lowest BCUT2D eigenvalue weighted by Crippen LogP contribution is -2.39. The predicted octanol–water partition coefficient (Wildman–Crippen LogP) is 4.59. The van der Waals surface area contributed by atoms with Crippen molar-refractivity contribution in [2.75, 3.05) is 18.0 Å². The smallest absolute Gasteiger partial charge is 0.293 e. The molecule has 0 aliphatic carbocycles. The van der Waals surface area contributed by atoms with Crippen molar-refractivity contribution in [3.63, 3.8) is 0 Å². The number of anilines is 1. The summed E-state index contributed by atoms with van der Waals surface area (Å²) in [7, 11) is 0. The van der Waals surface area contributed by atoms with E-state index in [2.05, 4.69) is 19.9 Å². The van der Waals surface area contributed by atoms with Crippen LogP contribution in [0.15, 0.2) is 48.7 Å². The fourth-order valence-corrected chi connectivity index (χ4v) is 4.51. The Bertz CT molecular complexity index is 1180. The first kappa shape index (κ1) is 19.6. The highest BCUT2D eigenvalue weighted by Gasteiger charge is 2.28. The van der Waals surface area contributed by atoms with Gasteiger partial charge in [0.05, 0.1) is 16.0 Å². The number of fused-ring (bicyclic) bond motifs is 1. The van der Waals surface area contributed by atoms with Gasteiger partial charge in [-0.15, -0.1) is 0 Å². The molecule has 4 rings (SSSR count). The van der Waals surface area contributed by atoms with Gasteiger partial charge in [-0.2, -0.15) is 5.26 Å². The highest BCUT2D eigenvalue weighted by Crippen LogP contribution is 2.34. The molecule has 2 heterocycles. The van der Waals surface area contributed by atoms with E-state index < -0.39 is 10.8 Å². The van der Waals surface area contributed by atoms with Crippen molar-refractivity contribution in [2.45, 2.75) is 20.3 Å². The van der Waals surface area contributed by atoms with Crippen LogP contribution in [0.5, 0.6) is 0 Å². The molecule has 1 aliphatic rings. The minimum absolute atomic E-state index is 0.0703. The average Bonchev–Trinajstić information content (AvgIpc) is 3.11. The van der Waals surface area contributed by atoms with Crippen molar-refractivity contribution in [3.05, 3.63) is 69.9 Å². The van der Waals surface area contributed by atoms with E-state index in [1.807, 2.05) is 4.90 Å². The van der Waals surface area contributed by atoms with Gasteiger partial charge in [0, 0.05) is 36.3 Å². The Hall–Kier alpha value is -3.66. The van der Waals surface area contributed by atoms with Gasteiger partial charge in [0.2, 0.25) is 0 Å². The largest absolute Gasteiger partial charge is 0.365 e. The maximum atomic E-state index is 13.2. The number of para-hydroxylation sites is 1. The van der Waals surface area contributed by atoms with Crippen LogP contribution in [-0.4, -0.2) is 28.5 Å². The molecule has 30 heavy (non-hydrogen) atoms. The number of nitro benzene ring substituents is 1. The monoisotopic (exact) mass is 402 g/mol. The SMILES string of the molecule is CC1CC(C)CN(c2ccc(C(=O)n3cc(C#N)c4ccccc43)cc2[N+](=O)[O-])C1. The summed E-state index contributed by atoms with van der Waals surface area (Å²) in [6.45, 7) is 5.81. The van der Waals surface area contributed by atoms with Gasteiger partial charge >= 0.3 is 0 Å². The number of aromatic nitrogens is 1. The van der Waals surface area contributed by atoms with E-state index in [1.54, 1.807) is 36.4 Å². The number of hydrogen-bond acceptors (Lipinski definition) is 5.